The second-order valence-corrected chi connectivity index (χ2v) is 5.73. The number of ether oxygens (including phenoxy) is 1. The van der Waals surface area contributed by atoms with Gasteiger partial charge in [0.1, 0.15) is 18.1 Å². The number of hydrogen-bond donors (Lipinski definition) is 0. The molecule has 1 fully saturated rings. The largest absolute Gasteiger partial charge is 0.490 e. The van der Waals surface area contributed by atoms with Crippen LogP contribution in [0.1, 0.15) is 12.8 Å². The van der Waals surface area contributed by atoms with E-state index in [9.17, 15) is 0 Å². The van der Waals surface area contributed by atoms with Gasteiger partial charge in [-0.3, -0.25) is 0 Å². The maximum atomic E-state index is 6.26. The molecule has 1 aliphatic rings. The Hall–Kier alpha value is -2.43. The lowest BCUT2D eigenvalue weighted by Gasteiger charge is -2.31. The summed E-state index contributed by atoms with van der Waals surface area (Å²) in [5.74, 6) is 0.979. The lowest BCUT2D eigenvalue weighted by molar-refractivity contribution is 0.171. The van der Waals surface area contributed by atoms with Crippen molar-refractivity contribution in [1.82, 2.24) is 9.55 Å². The zero-order valence-corrected chi connectivity index (χ0v) is 12.6. The van der Waals surface area contributed by atoms with E-state index >= 15 is 0 Å². The molecule has 5 heteroatoms. The summed E-state index contributed by atoms with van der Waals surface area (Å²) < 4.78 is 13.7. The van der Waals surface area contributed by atoms with Crippen molar-refractivity contribution in [2.75, 3.05) is 18.0 Å². The lowest BCUT2D eigenvalue weighted by atomic mass is 10.1. The smallest absolute Gasteiger partial charge is 0.297 e. The Balaban J connectivity index is 1.46. The highest BCUT2D eigenvalue weighted by molar-refractivity contribution is 5.86. The molecule has 0 spiro atoms. The van der Waals surface area contributed by atoms with Crippen LogP contribution in [0, 0.1) is 0 Å². The average molecular weight is 297 g/mol. The van der Waals surface area contributed by atoms with E-state index in [0.717, 1.165) is 31.7 Å². The van der Waals surface area contributed by atoms with Gasteiger partial charge in [0.2, 0.25) is 0 Å². The van der Waals surface area contributed by atoms with Crippen molar-refractivity contribution in [3.8, 4) is 5.75 Å². The minimum atomic E-state index is 0.247. The fourth-order valence-corrected chi connectivity index (χ4v) is 3.09. The first-order valence-electron chi connectivity index (χ1n) is 7.66. The fourth-order valence-electron chi connectivity index (χ4n) is 3.09. The molecule has 0 saturated carbocycles. The first kappa shape index (κ1) is 13.2. The van der Waals surface area contributed by atoms with Crippen molar-refractivity contribution < 1.29 is 9.15 Å². The summed E-state index contributed by atoms with van der Waals surface area (Å²) in [4.78, 5) is 6.38. The van der Waals surface area contributed by atoms with Crippen LogP contribution >= 0.6 is 0 Å². The van der Waals surface area contributed by atoms with Crippen LogP contribution in [0.3, 0.4) is 0 Å². The van der Waals surface area contributed by atoms with Crippen molar-refractivity contribution in [2.45, 2.75) is 18.9 Å². The minimum Gasteiger partial charge on any atom is -0.490 e. The number of benzene rings is 1. The number of hydrogen-bond acceptors (Lipinski definition) is 4. The zero-order valence-electron chi connectivity index (χ0n) is 12.6. The third-order valence-electron chi connectivity index (χ3n) is 4.31. The molecule has 114 valence electrons. The molecule has 1 aliphatic heterocycles. The summed E-state index contributed by atoms with van der Waals surface area (Å²) in [6.45, 7) is 1.83. The van der Waals surface area contributed by atoms with Gasteiger partial charge >= 0.3 is 0 Å². The summed E-state index contributed by atoms with van der Waals surface area (Å²) >= 11 is 0. The Bertz CT molecular complexity index is 755. The van der Waals surface area contributed by atoms with Gasteiger partial charge in [-0.25, -0.2) is 4.98 Å². The number of fused-ring (bicyclic) bond motifs is 1. The summed E-state index contributed by atoms with van der Waals surface area (Å²) in [7, 11) is 2.06. The number of piperidine rings is 1. The van der Waals surface area contributed by atoms with Gasteiger partial charge in [0, 0.05) is 44.6 Å². The second-order valence-electron chi connectivity index (χ2n) is 5.73. The van der Waals surface area contributed by atoms with Gasteiger partial charge in [0.15, 0.2) is 0 Å². The number of aryl methyl sites for hydroxylation is 1. The second kappa shape index (κ2) is 5.40. The molecule has 0 unspecified atom stereocenters. The van der Waals surface area contributed by atoms with Crippen LogP contribution in [0.25, 0.3) is 10.9 Å². The molecule has 3 heterocycles. The average Bonchev–Trinajstić information content (AvgIpc) is 3.19. The molecule has 0 radical (unpaired) electrons. The quantitative estimate of drug-likeness (QED) is 0.744. The van der Waals surface area contributed by atoms with E-state index < -0.39 is 0 Å². The molecule has 1 aromatic carbocycles. The highest BCUT2D eigenvalue weighted by atomic mass is 16.5. The zero-order chi connectivity index (χ0) is 14.9. The molecule has 22 heavy (non-hydrogen) atoms. The van der Waals surface area contributed by atoms with Gasteiger partial charge in [-0.2, -0.15) is 0 Å². The molecule has 3 aromatic rings. The summed E-state index contributed by atoms with van der Waals surface area (Å²) in [6, 6.07) is 9.06. The Labute approximate surface area is 129 Å². The monoisotopic (exact) mass is 297 g/mol. The molecule has 4 rings (SSSR count). The van der Waals surface area contributed by atoms with Gasteiger partial charge in [-0.15, -0.1) is 0 Å². The Morgan fingerprint density at radius 3 is 2.86 bits per heavy atom. The number of nitrogens with zero attached hydrogens (tertiary/aromatic N) is 3. The van der Waals surface area contributed by atoms with Crippen LogP contribution in [0.5, 0.6) is 5.75 Å². The Morgan fingerprint density at radius 2 is 2.09 bits per heavy atom. The van der Waals surface area contributed by atoms with Crippen LogP contribution in [-0.2, 0) is 7.05 Å². The number of aromatic nitrogens is 2. The van der Waals surface area contributed by atoms with E-state index in [4.69, 9.17) is 9.15 Å². The molecule has 1 saturated heterocycles. The van der Waals surface area contributed by atoms with Gasteiger partial charge in [0.25, 0.3) is 6.01 Å². The first-order chi connectivity index (χ1) is 10.8. The number of anilines is 1. The lowest BCUT2D eigenvalue weighted by Crippen LogP contribution is -2.38. The van der Waals surface area contributed by atoms with Crippen molar-refractivity contribution in [2.24, 2.45) is 7.05 Å². The van der Waals surface area contributed by atoms with Crippen LogP contribution in [-0.4, -0.2) is 28.7 Å². The standard InChI is InChI=1S/C17H19N3O2/c1-19-9-7-14-15(19)3-2-4-16(14)22-13-5-10-20(11-6-13)17-18-8-12-21-17/h2-4,7-9,12-13H,5-6,10-11H2,1H3. The third-order valence-corrected chi connectivity index (χ3v) is 4.31. The molecule has 0 bridgehead atoms. The Morgan fingerprint density at radius 1 is 1.23 bits per heavy atom. The van der Waals surface area contributed by atoms with Crippen LogP contribution in [0.2, 0.25) is 0 Å². The van der Waals surface area contributed by atoms with Crippen molar-refractivity contribution in [1.29, 1.82) is 0 Å². The molecule has 0 amide bonds. The SMILES string of the molecule is Cn1ccc2c(OC3CCN(c4ncco4)CC3)cccc21. The van der Waals surface area contributed by atoms with E-state index in [1.165, 1.54) is 10.9 Å². The Kier molecular flexibility index (Phi) is 3.25. The van der Waals surface area contributed by atoms with Crippen LogP contribution < -0.4 is 9.64 Å². The first-order valence-corrected chi connectivity index (χ1v) is 7.66. The number of oxazole rings is 1. The molecular formula is C17H19N3O2. The van der Waals surface area contributed by atoms with E-state index in [1.807, 2.05) is 0 Å². The normalized spacial score (nSPS) is 16.3. The van der Waals surface area contributed by atoms with E-state index in [0.29, 0.717) is 6.01 Å². The predicted molar refractivity (Wildman–Crippen MR) is 85.3 cm³/mol. The minimum absolute atomic E-state index is 0.247. The van der Waals surface area contributed by atoms with E-state index in [-0.39, 0.29) is 6.10 Å². The molecule has 0 N–H and O–H groups in total. The highest BCUT2D eigenvalue weighted by Crippen LogP contribution is 2.29. The molecule has 0 atom stereocenters. The summed E-state index contributed by atoms with van der Waals surface area (Å²) in [6.07, 6.45) is 7.58. The molecule has 5 nitrogen and oxygen atoms in total. The summed E-state index contributed by atoms with van der Waals surface area (Å²) in [5, 5.41) is 1.18. The fraction of sp³-hybridized carbons (Fsp3) is 0.353. The molecular weight excluding hydrogens is 278 g/mol. The van der Waals surface area contributed by atoms with Crippen LogP contribution in [0.15, 0.2) is 47.3 Å². The maximum absolute atomic E-state index is 6.26. The highest BCUT2D eigenvalue weighted by Gasteiger charge is 2.23. The number of rotatable bonds is 3. The summed E-state index contributed by atoms with van der Waals surface area (Å²) in [5.41, 5.74) is 1.20. The van der Waals surface area contributed by atoms with Gasteiger partial charge in [-0.05, 0) is 18.2 Å². The topological polar surface area (TPSA) is 43.4 Å². The van der Waals surface area contributed by atoms with Gasteiger partial charge < -0.3 is 18.6 Å². The predicted octanol–water partition coefficient (Wildman–Crippen LogP) is 3.21. The van der Waals surface area contributed by atoms with Crippen molar-refractivity contribution in [3.63, 3.8) is 0 Å². The van der Waals surface area contributed by atoms with E-state index in [1.54, 1.807) is 12.5 Å². The molecule has 2 aromatic heterocycles. The van der Waals surface area contributed by atoms with Crippen molar-refractivity contribution >= 4 is 16.9 Å². The van der Waals surface area contributed by atoms with Gasteiger partial charge in [0.05, 0.1) is 11.7 Å². The molecule has 0 aliphatic carbocycles. The van der Waals surface area contributed by atoms with Crippen LogP contribution in [0.4, 0.5) is 6.01 Å². The van der Waals surface area contributed by atoms with Crippen molar-refractivity contribution in [3.05, 3.63) is 42.9 Å². The maximum Gasteiger partial charge on any atom is 0.297 e. The van der Waals surface area contributed by atoms with Gasteiger partial charge in [-0.1, -0.05) is 6.07 Å². The third kappa shape index (κ3) is 2.32. The van der Waals surface area contributed by atoms with E-state index in [2.05, 4.69) is 52.0 Å².